The molecule has 1 aromatic carbocycles. The predicted molar refractivity (Wildman–Crippen MR) is 56.4 cm³/mol. The van der Waals surface area contributed by atoms with Gasteiger partial charge in [0.15, 0.2) is 0 Å². The first-order valence-electron chi connectivity index (χ1n) is 4.83. The van der Waals surface area contributed by atoms with E-state index in [0.717, 1.165) is 12.8 Å². The molecule has 0 heterocycles. The highest BCUT2D eigenvalue weighted by Crippen LogP contribution is 2.18. The van der Waals surface area contributed by atoms with Crippen molar-refractivity contribution in [2.24, 2.45) is 11.5 Å². The Labute approximate surface area is 79.9 Å². The fraction of sp³-hybridized carbons (Fsp3) is 0.455. The van der Waals surface area contributed by atoms with Gasteiger partial charge in [0.25, 0.3) is 0 Å². The maximum absolute atomic E-state index is 5.98. The first kappa shape index (κ1) is 10.2. The van der Waals surface area contributed by atoms with Gasteiger partial charge < -0.3 is 11.5 Å². The Morgan fingerprint density at radius 2 is 2.00 bits per heavy atom. The summed E-state index contributed by atoms with van der Waals surface area (Å²) in [5.41, 5.74) is 14.1. The molecule has 1 unspecified atom stereocenters. The average Bonchev–Trinajstić information content (AvgIpc) is 2.18. The van der Waals surface area contributed by atoms with Crippen LogP contribution in [0, 0.1) is 0 Å². The number of hydrogen-bond donors (Lipinski definition) is 2. The van der Waals surface area contributed by atoms with Gasteiger partial charge in [-0.05, 0) is 30.5 Å². The van der Waals surface area contributed by atoms with Crippen LogP contribution in [0.5, 0.6) is 0 Å². The third kappa shape index (κ3) is 2.54. The SMILES string of the molecule is CCC(N)c1ccccc1CCN. The molecule has 0 spiro atoms. The van der Waals surface area contributed by atoms with Crippen LogP contribution in [0.4, 0.5) is 0 Å². The predicted octanol–water partition coefficient (Wildman–Crippen LogP) is 1.60. The van der Waals surface area contributed by atoms with E-state index in [1.165, 1.54) is 11.1 Å². The Balaban J connectivity index is 2.90. The van der Waals surface area contributed by atoms with Crippen molar-refractivity contribution in [1.82, 2.24) is 0 Å². The van der Waals surface area contributed by atoms with Gasteiger partial charge in [-0.1, -0.05) is 31.2 Å². The van der Waals surface area contributed by atoms with E-state index in [2.05, 4.69) is 19.1 Å². The molecular weight excluding hydrogens is 160 g/mol. The van der Waals surface area contributed by atoms with Gasteiger partial charge in [0.2, 0.25) is 0 Å². The van der Waals surface area contributed by atoms with Gasteiger partial charge in [0.1, 0.15) is 0 Å². The van der Waals surface area contributed by atoms with Gasteiger partial charge in [-0.2, -0.15) is 0 Å². The van der Waals surface area contributed by atoms with Crippen LogP contribution in [-0.4, -0.2) is 6.54 Å². The second kappa shape index (κ2) is 5.00. The van der Waals surface area contributed by atoms with Crippen LogP contribution in [0.1, 0.15) is 30.5 Å². The Kier molecular flexibility index (Phi) is 3.93. The second-order valence-electron chi connectivity index (χ2n) is 3.25. The van der Waals surface area contributed by atoms with Crippen LogP contribution in [0.3, 0.4) is 0 Å². The molecular formula is C11H18N2. The lowest BCUT2D eigenvalue weighted by Gasteiger charge is -2.13. The molecule has 1 aromatic rings. The third-order valence-corrected chi connectivity index (χ3v) is 2.31. The van der Waals surface area contributed by atoms with Crippen molar-refractivity contribution in [1.29, 1.82) is 0 Å². The van der Waals surface area contributed by atoms with Gasteiger partial charge in [-0.3, -0.25) is 0 Å². The van der Waals surface area contributed by atoms with E-state index in [0.29, 0.717) is 6.54 Å². The summed E-state index contributed by atoms with van der Waals surface area (Å²) < 4.78 is 0. The number of rotatable bonds is 4. The summed E-state index contributed by atoms with van der Waals surface area (Å²) in [6.45, 7) is 2.79. The van der Waals surface area contributed by atoms with Gasteiger partial charge >= 0.3 is 0 Å². The van der Waals surface area contributed by atoms with E-state index < -0.39 is 0 Å². The molecule has 0 aromatic heterocycles. The van der Waals surface area contributed by atoms with Crippen LogP contribution in [0.2, 0.25) is 0 Å². The van der Waals surface area contributed by atoms with Crippen molar-refractivity contribution < 1.29 is 0 Å². The van der Waals surface area contributed by atoms with Gasteiger partial charge in [-0.15, -0.1) is 0 Å². The quantitative estimate of drug-likeness (QED) is 0.735. The summed E-state index contributed by atoms with van der Waals surface area (Å²) >= 11 is 0. The molecule has 0 saturated heterocycles. The molecule has 1 atom stereocenters. The first-order chi connectivity index (χ1) is 6.29. The monoisotopic (exact) mass is 178 g/mol. The Hall–Kier alpha value is -0.860. The minimum atomic E-state index is 0.155. The molecule has 0 aliphatic carbocycles. The summed E-state index contributed by atoms with van der Waals surface area (Å²) in [7, 11) is 0. The number of benzene rings is 1. The van der Waals surface area contributed by atoms with E-state index in [4.69, 9.17) is 11.5 Å². The molecule has 13 heavy (non-hydrogen) atoms. The molecule has 1 rings (SSSR count). The van der Waals surface area contributed by atoms with E-state index in [-0.39, 0.29) is 6.04 Å². The summed E-state index contributed by atoms with van der Waals surface area (Å²) in [6, 6.07) is 8.43. The molecule has 0 saturated carbocycles. The standard InChI is InChI=1S/C11H18N2/c1-2-11(13)10-6-4-3-5-9(10)7-8-12/h3-6,11H,2,7-8,12-13H2,1H3. The fourth-order valence-corrected chi connectivity index (χ4v) is 1.50. The molecule has 2 heteroatoms. The van der Waals surface area contributed by atoms with Crippen molar-refractivity contribution >= 4 is 0 Å². The molecule has 4 N–H and O–H groups in total. The highest BCUT2D eigenvalue weighted by molar-refractivity contribution is 5.30. The Morgan fingerprint density at radius 3 is 2.62 bits per heavy atom. The van der Waals surface area contributed by atoms with Crippen LogP contribution < -0.4 is 11.5 Å². The van der Waals surface area contributed by atoms with Crippen molar-refractivity contribution in [2.45, 2.75) is 25.8 Å². The van der Waals surface area contributed by atoms with Crippen molar-refractivity contribution in [3.05, 3.63) is 35.4 Å². The zero-order valence-corrected chi connectivity index (χ0v) is 8.16. The molecule has 0 bridgehead atoms. The number of nitrogens with two attached hydrogens (primary N) is 2. The van der Waals surface area contributed by atoms with Crippen LogP contribution >= 0.6 is 0 Å². The zero-order valence-electron chi connectivity index (χ0n) is 8.16. The zero-order chi connectivity index (χ0) is 9.68. The maximum atomic E-state index is 5.98. The molecule has 72 valence electrons. The average molecular weight is 178 g/mol. The highest BCUT2D eigenvalue weighted by atomic mass is 14.6. The van der Waals surface area contributed by atoms with E-state index in [1.54, 1.807) is 0 Å². The summed E-state index contributed by atoms with van der Waals surface area (Å²) in [5, 5.41) is 0. The van der Waals surface area contributed by atoms with Crippen molar-refractivity contribution in [3.63, 3.8) is 0 Å². The maximum Gasteiger partial charge on any atom is 0.0294 e. The molecule has 0 aliphatic rings. The smallest absolute Gasteiger partial charge is 0.0294 e. The summed E-state index contributed by atoms with van der Waals surface area (Å²) in [6.07, 6.45) is 1.89. The molecule has 0 amide bonds. The normalized spacial score (nSPS) is 12.8. The lowest BCUT2D eigenvalue weighted by atomic mass is 9.97. The highest BCUT2D eigenvalue weighted by Gasteiger charge is 2.07. The first-order valence-corrected chi connectivity index (χ1v) is 4.83. The minimum absolute atomic E-state index is 0.155. The van der Waals surface area contributed by atoms with E-state index >= 15 is 0 Å². The molecule has 2 nitrogen and oxygen atoms in total. The van der Waals surface area contributed by atoms with Crippen molar-refractivity contribution in [2.75, 3.05) is 6.54 Å². The third-order valence-electron chi connectivity index (χ3n) is 2.31. The van der Waals surface area contributed by atoms with E-state index in [1.807, 2.05) is 12.1 Å². The van der Waals surface area contributed by atoms with Gasteiger partial charge in [0, 0.05) is 6.04 Å². The van der Waals surface area contributed by atoms with Gasteiger partial charge in [0.05, 0.1) is 0 Å². The fourth-order valence-electron chi connectivity index (χ4n) is 1.50. The van der Waals surface area contributed by atoms with Crippen LogP contribution in [-0.2, 0) is 6.42 Å². The second-order valence-corrected chi connectivity index (χ2v) is 3.25. The van der Waals surface area contributed by atoms with Crippen LogP contribution in [0.15, 0.2) is 24.3 Å². The summed E-state index contributed by atoms with van der Waals surface area (Å²) in [4.78, 5) is 0. The minimum Gasteiger partial charge on any atom is -0.330 e. The molecule has 0 fully saturated rings. The number of hydrogen-bond acceptors (Lipinski definition) is 2. The topological polar surface area (TPSA) is 52.0 Å². The van der Waals surface area contributed by atoms with Crippen molar-refractivity contribution in [3.8, 4) is 0 Å². The Morgan fingerprint density at radius 1 is 1.31 bits per heavy atom. The van der Waals surface area contributed by atoms with Crippen LogP contribution in [0.25, 0.3) is 0 Å². The largest absolute Gasteiger partial charge is 0.330 e. The molecule has 0 aliphatic heterocycles. The lowest BCUT2D eigenvalue weighted by Crippen LogP contribution is -2.13. The lowest BCUT2D eigenvalue weighted by molar-refractivity contribution is 0.688. The van der Waals surface area contributed by atoms with E-state index in [9.17, 15) is 0 Å². The Bertz CT molecular complexity index is 258. The molecule has 0 radical (unpaired) electrons. The summed E-state index contributed by atoms with van der Waals surface area (Å²) in [5.74, 6) is 0. The van der Waals surface area contributed by atoms with Gasteiger partial charge in [-0.25, -0.2) is 0 Å².